The van der Waals surface area contributed by atoms with E-state index < -0.39 is 17.7 Å². The fourth-order valence-electron chi connectivity index (χ4n) is 3.22. The Hall–Kier alpha value is -2.63. The second-order valence-corrected chi connectivity index (χ2v) is 6.23. The Morgan fingerprint density at radius 1 is 1.17 bits per heavy atom. The average Bonchev–Trinajstić information content (AvgIpc) is 3.20. The maximum atomic E-state index is 12.6. The molecule has 0 bridgehead atoms. The SMILES string of the molecule is Cc1[nH]c2ccccc2c1C(=O)C(=O)N[C@@H](C)C(=O)N1CCCC1. The third-order valence-electron chi connectivity index (χ3n) is 4.46. The smallest absolute Gasteiger partial charge is 0.293 e. The third-order valence-corrected chi connectivity index (χ3v) is 4.46. The summed E-state index contributed by atoms with van der Waals surface area (Å²) in [5, 5.41) is 3.26. The number of hydrogen-bond acceptors (Lipinski definition) is 3. The van der Waals surface area contributed by atoms with Crippen LogP contribution in [0.2, 0.25) is 0 Å². The van der Waals surface area contributed by atoms with Crippen LogP contribution >= 0.6 is 0 Å². The van der Waals surface area contributed by atoms with Crippen molar-refractivity contribution in [3.05, 3.63) is 35.5 Å². The van der Waals surface area contributed by atoms with Gasteiger partial charge in [-0.05, 0) is 32.8 Å². The number of nitrogens with one attached hydrogen (secondary N) is 2. The molecular weight excluding hydrogens is 306 g/mol. The fraction of sp³-hybridized carbons (Fsp3) is 0.389. The van der Waals surface area contributed by atoms with Crippen molar-refractivity contribution in [1.29, 1.82) is 0 Å². The molecule has 126 valence electrons. The van der Waals surface area contributed by atoms with Gasteiger partial charge in [-0.2, -0.15) is 0 Å². The third kappa shape index (κ3) is 2.91. The normalized spacial score (nSPS) is 15.5. The Labute approximate surface area is 140 Å². The number of rotatable bonds is 4. The lowest BCUT2D eigenvalue weighted by Gasteiger charge is -2.20. The van der Waals surface area contributed by atoms with Crippen molar-refractivity contribution in [2.75, 3.05) is 13.1 Å². The summed E-state index contributed by atoms with van der Waals surface area (Å²) in [6, 6.07) is 6.65. The zero-order valence-electron chi connectivity index (χ0n) is 13.9. The van der Waals surface area contributed by atoms with E-state index in [0.717, 1.165) is 18.4 Å². The lowest BCUT2D eigenvalue weighted by atomic mass is 10.1. The maximum absolute atomic E-state index is 12.6. The lowest BCUT2D eigenvalue weighted by Crippen LogP contribution is -2.47. The van der Waals surface area contributed by atoms with Gasteiger partial charge in [0.1, 0.15) is 6.04 Å². The van der Waals surface area contributed by atoms with Gasteiger partial charge in [0.2, 0.25) is 5.91 Å². The van der Waals surface area contributed by atoms with Gasteiger partial charge in [-0.15, -0.1) is 0 Å². The van der Waals surface area contributed by atoms with E-state index in [9.17, 15) is 14.4 Å². The number of fused-ring (bicyclic) bond motifs is 1. The minimum Gasteiger partial charge on any atom is -0.358 e. The Kier molecular flexibility index (Phi) is 4.38. The van der Waals surface area contributed by atoms with Crippen molar-refractivity contribution in [1.82, 2.24) is 15.2 Å². The number of carbonyl (C=O) groups excluding carboxylic acids is 3. The number of para-hydroxylation sites is 1. The van der Waals surface area contributed by atoms with E-state index in [0.29, 0.717) is 29.7 Å². The molecule has 0 unspecified atom stereocenters. The topological polar surface area (TPSA) is 82.3 Å². The summed E-state index contributed by atoms with van der Waals surface area (Å²) in [6.45, 7) is 4.82. The van der Waals surface area contributed by atoms with Crippen molar-refractivity contribution in [2.24, 2.45) is 0 Å². The predicted molar refractivity (Wildman–Crippen MR) is 90.8 cm³/mol. The zero-order valence-corrected chi connectivity index (χ0v) is 13.9. The lowest BCUT2D eigenvalue weighted by molar-refractivity contribution is -0.134. The highest BCUT2D eigenvalue weighted by Crippen LogP contribution is 2.22. The average molecular weight is 327 g/mol. The molecule has 24 heavy (non-hydrogen) atoms. The van der Waals surface area contributed by atoms with Crippen LogP contribution in [0.4, 0.5) is 0 Å². The largest absolute Gasteiger partial charge is 0.358 e. The second kappa shape index (κ2) is 6.47. The number of carbonyl (C=O) groups is 3. The van der Waals surface area contributed by atoms with Crippen LogP contribution in [0.15, 0.2) is 24.3 Å². The van der Waals surface area contributed by atoms with E-state index in [2.05, 4.69) is 10.3 Å². The van der Waals surface area contributed by atoms with E-state index in [4.69, 9.17) is 0 Å². The number of H-pyrrole nitrogens is 1. The van der Waals surface area contributed by atoms with Gasteiger partial charge < -0.3 is 15.2 Å². The summed E-state index contributed by atoms with van der Waals surface area (Å²) in [5.41, 5.74) is 1.83. The van der Waals surface area contributed by atoms with Gasteiger partial charge in [0, 0.05) is 29.7 Å². The molecule has 2 amide bonds. The van der Waals surface area contributed by atoms with Crippen molar-refractivity contribution in [2.45, 2.75) is 32.7 Å². The van der Waals surface area contributed by atoms with E-state index in [1.807, 2.05) is 18.2 Å². The molecule has 1 fully saturated rings. The highest BCUT2D eigenvalue weighted by atomic mass is 16.2. The molecule has 0 radical (unpaired) electrons. The van der Waals surface area contributed by atoms with Gasteiger partial charge >= 0.3 is 0 Å². The van der Waals surface area contributed by atoms with Crippen LogP contribution in [-0.2, 0) is 9.59 Å². The van der Waals surface area contributed by atoms with Gasteiger partial charge in [-0.1, -0.05) is 18.2 Å². The maximum Gasteiger partial charge on any atom is 0.293 e. The number of nitrogens with zero attached hydrogens (tertiary/aromatic N) is 1. The molecule has 1 aromatic carbocycles. The van der Waals surface area contributed by atoms with Crippen LogP contribution in [0, 0.1) is 6.92 Å². The van der Waals surface area contributed by atoms with E-state index in [-0.39, 0.29) is 5.91 Å². The summed E-state index contributed by atoms with van der Waals surface area (Å²) in [6.07, 6.45) is 1.97. The molecule has 6 heteroatoms. The molecule has 2 heterocycles. The molecule has 2 aromatic rings. The van der Waals surface area contributed by atoms with Crippen LogP contribution < -0.4 is 5.32 Å². The van der Waals surface area contributed by atoms with Crippen LogP contribution in [0.3, 0.4) is 0 Å². The molecule has 1 atom stereocenters. The van der Waals surface area contributed by atoms with Gasteiger partial charge in [0.05, 0.1) is 5.56 Å². The van der Waals surface area contributed by atoms with Gasteiger partial charge in [-0.25, -0.2) is 0 Å². The summed E-state index contributed by atoms with van der Waals surface area (Å²) in [7, 11) is 0. The van der Waals surface area contributed by atoms with Gasteiger partial charge in [0.15, 0.2) is 0 Å². The Morgan fingerprint density at radius 3 is 2.54 bits per heavy atom. The summed E-state index contributed by atoms with van der Waals surface area (Å²) < 4.78 is 0. The second-order valence-electron chi connectivity index (χ2n) is 6.23. The number of hydrogen-bond donors (Lipinski definition) is 2. The standard InChI is InChI=1S/C18H21N3O3/c1-11-15(13-7-3-4-8-14(13)19-11)16(22)17(23)20-12(2)18(24)21-9-5-6-10-21/h3-4,7-8,12,19H,5-6,9-10H2,1-2H3,(H,20,23)/t12-/m0/s1. The number of ketones is 1. The number of likely N-dealkylation sites (tertiary alicyclic amines) is 1. The first-order valence-corrected chi connectivity index (χ1v) is 8.20. The van der Waals surface area contributed by atoms with E-state index in [1.165, 1.54) is 0 Å². The predicted octanol–water partition coefficient (Wildman–Crippen LogP) is 1.79. The number of aromatic amines is 1. The Bertz CT molecular complexity index is 803. The van der Waals surface area contributed by atoms with E-state index >= 15 is 0 Å². The first-order valence-electron chi connectivity index (χ1n) is 8.20. The molecule has 0 spiro atoms. The van der Waals surface area contributed by atoms with Crippen LogP contribution in [0.1, 0.15) is 35.8 Å². The molecule has 1 aromatic heterocycles. The number of aromatic nitrogens is 1. The quantitative estimate of drug-likeness (QED) is 0.663. The van der Waals surface area contributed by atoms with Crippen molar-refractivity contribution >= 4 is 28.5 Å². The highest BCUT2D eigenvalue weighted by molar-refractivity contribution is 6.45. The molecule has 1 aliphatic rings. The van der Waals surface area contributed by atoms with Crippen molar-refractivity contribution in [3.63, 3.8) is 0 Å². The number of aryl methyl sites for hydroxylation is 1. The number of amides is 2. The Morgan fingerprint density at radius 2 is 1.83 bits per heavy atom. The first kappa shape index (κ1) is 16.2. The summed E-state index contributed by atoms with van der Waals surface area (Å²) >= 11 is 0. The first-order chi connectivity index (χ1) is 11.5. The van der Waals surface area contributed by atoms with Crippen molar-refractivity contribution < 1.29 is 14.4 Å². The minimum atomic E-state index is -0.747. The Balaban J connectivity index is 1.75. The van der Waals surface area contributed by atoms with E-state index in [1.54, 1.807) is 24.8 Å². The molecular formula is C18H21N3O3. The van der Waals surface area contributed by atoms with Crippen molar-refractivity contribution in [3.8, 4) is 0 Å². The molecule has 6 nitrogen and oxygen atoms in total. The molecule has 2 N–H and O–H groups in total. The summed E-state index contributed by atoms with van der Waals surface area (Å²) in [5.74, 6) is -1.50. The number of Topliss-reactive ketones (excluding diaryl/α,β-unsaturated/α-hetero) is 1. The fourth-order valence-corrected chi connectivity index (χ4v) is 3.22. The molecule has 3 rings (SSSR count). The minimum absolute atomic E-state index is 0.135. The molecule has 1 aliphatic heterocycles. The monoisotopic (exact) mass is 327 g/mol. The summed E-state index contributed by atoms with van der Waals surface area (Å²) in [4.78, 5) is 42.0. The molecule has 0 saturated carbocycles. The zero-order chi connectivity index (χ0) is 17.3. The van der Waals surface area contributed by atoms with Crippen LogP contribution in [0.5, 0.6) is 0 Å². The van der Waals surface area contributed by atoms with Crippen LogP contribution in [0.25, 0.3) is 10.9 Å². The number of benzene rings is 1. The highest BCUT2D eigenvalue weighted by Gasteiger charge is 2.28. The molecule has 0 aliphatic carbocycles. The van der Waals surface area contributed by atoms with Gasteiger partial charge in [-0.3, -0.25) is 14.4 Å². The molecule has 1 saturated heterocycles. The van der Waals surface area contributed by atoms with Gasteiger partial charge in [0.25, 0.3) is 11.7 Å². The van der Waals surface area contributed by atoms with Crippen LogP contribution in [-0.4, -0.2) is 46.6 Å².